The van der Waals surface area contributed by atoms with Crippen LogP contribution in [0.15, 0.2) is 0 Å². The van der Waals surface area contributed by atoms with E-state index in [1.54, 1.807) is 0 Å². The molecule has 110 valence electrons. The summed E-state index contributed by atoms with van der Waals surface area (Å²) in [6, 6.07) is 0. The summed E-state index contributed by atoms with van der Waals surface area (Å²) in [6.07, 6.45) is 18.7. The molecular weight excluding hydrogens is 284 g/mol. The monoisotopic (exact) mass is 318 g/mol. The van der Waals surface area contributed by atoms with Crippen molar-refractivity contribution in [1.82, 2.24) is 0 Å². The fourth-order valence-corrected chi connectivity index (χ4v) is 3.08. The van der Waals surface area contributed by atoms with Crippen LogP contribution in [0.5, 0.6) is 0 Å². The van der Waals surface area contributed by atoms with Crippen molar-refractivity contribution >= 4 is 15.9 Å². The van der Waals surface area contributed by atoms with E-state index in [-0.39, 0.29) is 0 Å². The first kappa shape index (κ1) is 18.5. The summed E-state index contributed by atoms with van der Waals surface area (Å²) in [4.78, 5) is 0. The Morgan fingerprint density at radius 2 is 1.06 bits per heavy atom. The Bertz CT molecular complexity index is 135. The fourth-order valence-electron chi connectivity index (χ4n) is 2.68. The van der Waals surface area contributed by atoms with Gasteiger partial charge < -0.3 is 0 Å². The number of hydrogen-bond acceptors (Lipinski definition) is 0. The summed E-state index contributed by atoms with van der Waals surface area (Å²) in [7, 11) is 0. The van der Waals surface area contributed by atoms with Gasteiger partial charge in [-0.25, -0.2) is 0 Å². The van der Waals surface area contributed by atoms with Crippen LogP contribution in [0, 0.1) is 5.92 Å². The highest BCUT2D eigenvalue weighted by Gasteiger charge is 2.08. The molecule has 0 radical (unpaired) electrons. The lowest BCUT2D eigenvalue weighted by Gasteiger charge is -2.16. The maximum Gasteiger partial charge on any atom is 0.00313 e. The zero-order chi connectivity index (χ0) is 13.5. The molecule has 18 heavy (non-hydrogen) atoms. The van der Waals surface area contributed by atoms with Crippen LogP contribution in [0.4, 0.5) is 0 Å². The van der Waals surface area contributed by atoms with Crippen LogP contribution in [-0.4, -0.2) is 5.33 Å². The molecule has 0 N–H and O–H groups in total. The van der Waals surface area contributed by atoms with Gasteiger partial charge in [0.25, 0.3) is 0 Å². The van der Waals surface area contributed by atoms with E-state index in [9.17, 15) is 0 Å². The second kappa shape index (κ2) is 15.5. The van der Waals surface area contributed by atoms with E-state index in [1.165, 1.54) is 88.8 Å². The van der Waals surface area contributed by atoms with Crippen LogP contribution in [0.1, 0.15) is 97.3 Å². The molecule has 0 aliphatic carbocycles. The topological polar surface area (TPSA) is 0 Å². The molecule has 0 bridgehead atoms. The average molecular weight is 319 g/mol. The van der Waals surface area contributed by atoms with Crippen molar-refractivity contribution in [3.05, 3.63) is 0 Å². The molecule has 0 aromatic heterocycles. The molecule has 0 heterocycles. The van der Waals surface area contributed by atoms with Crippen molar-refractivity contribution in [2.24, 2.45) is 5.92 Å². The minimum Gasteiger partial charge on any atom is -0.0928 e. The van der Waals surface area contributed by atoms with Crippen LogP contribution >= 0.6 is 15.9 Å². The van der Waals surface area contributed by atoms with Crippen LogP contribution in [0.3, 0.4) is 0 Å². The molecular formula is C17H35Br. The third kappa shape index (κ3) is 12.9. The highest BCUT2D eigenvalue weighted by atomic mass is 79.9. The second-order valence-corrected chi connectivity index (χ2v) is 6.54. The molecule has 0 aliphatic rings. The van der Waals surface area contributed by atoms with E-state index in [2.05, 4.69) is 29.8 Å². The summed E-state index contributed by atoms with van der Waals surface area (Å²) < 4.78 is 0. The smallest absolute Gasteiger partial charge is 0.00313 e. The van der Waals surface area contributed by atoms with Gasteiger partial charge in [0.15, 0.2) is 0 Å². The molecule has 0 aromatic carbocycles. The van der Waals surface area contributed by atoms with Crippen LogP contribution in [0.2, 0.25) is 0 Å². The first-order chi connectivity index (χ1) is 8.85. The second-order valence-electron chi connectivity index (χ2n) is 5.75. The lowest BCUT2D eigenvalue weighted by atomic mass is 9.90. The minimum absolute atomic E-state index is 1.03. The SMILES string of the molecule is CCCCCCCC(CCCCC)CCCCBr. The summed E-state index contributed by atoms with van der Waals surface area (Å²) in [5.74, 6) is 1.03. The normalized spacial score (nSPS) is 12.8. The number of hydrogen-bond donors (Lipinski definition) is 0. The summed E-state index contributed by atoms with van der Waals surface area (Å²) >= 11 is 3.54. The number of halogens is 1. The van der Waals surface area contributed by atoms with Gasteiger partial charge in [0.2, 0.25) is 0 Å². The van der Waals surface area contributed by atoms with E-state index < -0.39 is 0 Å². The largest absolute Gasteiger partial charge is 0.0928 e. The van der Waals surface area contributed by atoms with Crippen molar-refractivity contribution in [3.63, 3.8) is 0 Å². The van der Waals surface area contributed by atoms with Crippen molar-refractivity contribution in [2.75, 3.05) is 5.33 Å². The Morgan fingerprint density at radius 1 is 0.611 bits per heavy atom. The van der Waals surface area contributed by atoms with Crippen molar-refractivity contribution in [1.29, 1.82) is 0 Å². The van der Waals surface area contributed by atoms with E-state index in [0.29, 0.717) is 0 Å². The number of unbranched alkanes of at least 4 members (excludes halogenated alkanes) is 7. The van der Waals surface area contributed by atoms with Gasteiger partial charge in [0.05, 0.1) is 0 Å². The van der Waals surface area contributed by atoms with Gasteiger partial charge in [-0.15, -0.1) is 0 Å². The Labute approximate surface area is 124 Å². The standard InChI is InChI=1S/C17H35Br/c1-3-5-7-8-10-14-17(13-9-6-4-2)15-11-12-16-18/h17H,3-16H2,1-2H3. The molecule has 0 saturated heterocycles. The van der Waals surface area contributed by atoms with E-state index in [0.717, 1.165) is 5.92 Å². The van der Waals surface area contributed by atoms with Crippen molar-refractivity contribution < 1.29 is 0 Å². The van der Waals surface area contributed by atoms with Gasteiger partial charge in [-0.1, -0.05) is 107 Å². The van der Waals surface area contributed by atoms with Crippen LogP contribution in [0.25, 0.3) is 0 Å². The molecule has 0 nitrogen and oxygen atoms in total. The van der Waals surface area contributed by atoms with E-state index >= 15 is 0 Å². The molecule has 0 saturated carbocycles. The zero-order valence-corrected chi connectivity index (χ0v) is 14.4. The van der Waals surface area contributed by atoms with Gasteiger partial charge >= 0.3 is 0 Å². The highest BCUT2D eigenvalue weighted by Crippen LogP contribution is 2.23. The minimum atomic E-state index is 1.03. The third-order valence-corrected chi connectivity index (χ3v) is 4.49. The van der Waals surface area contributed by atoms with Crippen molar-refractivity contribution in [3.8, 4) is 0 Å². The number of rotatable bonds is 14. The Kier molecular flexibility index (Phi) is 16.0. The highest BCUT2D eigenvalue weighted by molar-refractivity contribution is 9.09. The number of alkyl halides is 1. The quantitative estimate of drug-likeness (QED) is 0.236. The van der Waals surface area contributed by atoms with E-state index in [1.807, 2.05) is 0 Å². The molecule has 1 unspecified atom stereocenters. The van der Waals surface area contributed by atoms with Crippen molar-refractivity contribution in [2.45, 2.75) is 97.3 Å². The van der Waals surface area contributed by atoms with Gasteiger partial charge in [0, 0.05) is 5.33 Å². The molecule has 1 heteroatoms. The van der Waals surface area contributed by atoms with Gasteiger partial charge in [-0.2, -0.15) is 0 Å². The summed E-state index contributed by atoms with van der Waals surface area (Å²) in [5.41, 5.74) is 0. The molecule has 0 spiro atoms. The van der Waals surface area contributed by atoms with Gasteiger partial charge in [-0.3, -0.25) is 0 Å². The van der Waals surface area contributed by atoms with Gasteiger partial charge in [-0.05, 0) is 12.3 Å². The first-order valence-corrected chi connectivity index (χ1v) is 9.53. The molecule has 0 fully saturated rings. The molecule has 0 amide bonds. The summed E-state index contributed by atoms with van der Waals surface area (Å²) in [6.45, 7) is 4.61. The zero-order valence-electron chi connectivity index (χ0n) is 12.9. The van der Waals surface area contributed by atoms with Crippen LogP contribution < -0.4 is 0 Å². The summed E-state index contributed by atoms with van der Waals surface area (Å²) in [5, 5.41) is 1.19. The van der Waals surface area contributed by atoms with Gasteiger partial charge in [0.1, 0.15) is 0 Å². The third-order valence-electron chi connectivity index (χ3n) is 3.93. The average Bonchev–Trinajstić information content (AvgIpc) is 2.38. The molecule has 0 rings (SSSR count). The Balaban J connectivity index is 3.60. The maximum atomic E-state index is 3.54. The first-order valence-electron chi connectivity index (χ1n) is 8.41. The lowest BCUT2D eigenvalue weighted by Crippen LogP contribution is -2.01. The Hall–Kier alpha value is 0.480. The Morgan fingerprint density at radius 3 is 1.61 bits per heavy atom. The lowest BCUT2D eigenvalue weighted by molar-refractivity contribution is 0.374. The van der Waals surface area contributed by atoms with Crippen LogP contribution in [-0.2, 0) is 0 Å². The predicted octanol–water partition coefficient (Wildman–Crippen LogP) is 7.11. The van der Waals surface area contributed by atoms with E-state index in [4.69, 9.17) is 0 Å². The maximum absolute atomic E-state index is 3.54. The fraction of sp³-hybridized carbons (Fsp3) is 1.00. The predicted molar refractivity (Wildman–Crippen MR) is 88.7 cm³/mol. The molecule has 1 atom stereocenters. The molecule has 0 aliphatic heterocycles. The molecule has 0 aromatic rings.